The van der Waals surface area contributed by atoms with Gasteiger partial charge < -0.3 is 19.5 Å². The van der Waals surface area contributed by atoms with Crippen LogP contribution in [0.2, 0.25) is 0 Å². The number of methoxy groups -OCH3 is 2. The average molecular weight is 390 g/mol. The molecule has 0 aromatic heterocycles. The number of rotatable bonds is 7. The van der Waals surface area contributed by atoms with Gasteiger partial charge in [0.2, 0.25) is 5.78 Å². The molecule has 0 unspecified atom stereocenters. The molecule has 1 aliphatic carbocycles. The molecule has 1 spiro atoms. The van der Waals surface area contributed by atoms with Gasteiger partial charge in [0, 0.05) is 0 Å². The van der Waals surface area contributed by atoms with Gasteiger partial charge in [0.25, 0.3) is 5.91 Å². The van der Waals surface area contributed by atoms with Crippen LogP contribution in [0.4, 0.5) is 4.79 Å². The molecule has 1 saturated heterocycles. The number of nitrogens with zero attached hydrogens (tertiary/aromatic N) is 1. The highest BCUT2D eigenvalue weighted by atomic mass is 16.5. The maximum absolute atomic E-state index is 12.5. The molecular weight excluding hydrogens is 368 g/mol. The van der Waals surface area contributed by atoms with E-state index in [1.807, 2.05) is 0 Å². The van der Waals surface area contributed by atoms with Crippen LogP contribution >= 0.6 is 0 Å². The normalized spacial score (nSPS) is 17.6. The Morgan fingerprint density at radius 1 is 1.14 bits per heavy atom. The number of ether oxygens (including phenoxy) is 3. The molecule has 9 nitrogen and oxygen atoms in total. The number of hydrogen-bond donors (Lipinski definition) is 1. The van der Waals surface area contributed by atoms with Crippen LogP contribution in [0.3, 0.4) is 0 Å². The molecule has 2 aliphatic rings. The second-order valence-electron chi connectivity index (χ2n) is 6.76. The number of hydrogen-bond acceptors (Lipinski definition) is 7. The molecule has 3 amide bonds. The molecule has 0 bridgehead atoms. The third-order valence-electron chi connectivity index (χ3n) is 5.06. The van der Waals surface area contributed by atoms with Gasteiger partial charge in [-0.15, -0.1) is 0 Å². The van der Waals surface area contributed by atoms with Crippen molar-refractivity contribution in [3.05, 3.63) is 23.8 Å². The molecule has 1 aromatic carbocycles. The first-order valence-corrected chi connectivity index (χ1v) is 8.95. The van der Waals surface area contributed by atoms with Gasteiger partial charge in [-0.3, -0.25) is 19.3 Å². The quantitative estimate of drug-likeness (QED) is 0.424. The first-order chi connectivity index (χ1) is 13.4. The number of carbonyl (C=O) groups excluding carboxylic acids is 4. The maximum atomic E-state index is 12.5. The highest BCUT2D eigenvalue weighted by molar-refractivity contribution is 6.09. The van der Waals surface area contributed by atoms with Crippen molar-refractivity contribution in [2.45, 2.75) is 31.2 Å². The molecule has 1 aliphatic heterocycles. The van der Waals surface area contributed by atoms with Crippen molar-refractivity contribution in [2.75, 3.05) is 27.4 Å². The molecule has 0 radical (unpaired) electrons. The van der Waals surface area contributed by atoms with E-state index in [0.717, 1.165) is 17.7 Å². The lowest BCUT2D eigenvalue weighted by Gasteiger charge is -2.19. The fourth-order valence-electron chi connectivity index (χ4n) is 3.57. The Morgan fingerprint density at radius 2 is 1.86 bits per heavy atom. The summed E-state index contributed by atoms with van der Waals surface area (Å²) in [6.07, 6.45) is 2.83. The van der Waals surface area contributed by atoms with Gasteiger partial charge in [-0.1, -0.05) is 12.8 Å². The van der Waals surface area contributed by atoms with Gasteiger partial charge in [0.1, 0.15) is 23.6 Å². The SMILES string of the molecule is COc1ccc(OC)c(C(=O)COC(=O)CN2C(=O)NC3(CCCC3)C2=O)c1. The number of imide groups is 1. The molecule has 1 heterocycles. The van der Waals surface area contributed by atoms with Crippen LogP contribution < -0.4 is 14.8 Å². The number of esters is 1. The van der Waals surface area contributed by atoms with Crippen LogP contribution in [0.25, 0.3) is 0 Å². The third kappa shape index (κ3) is 3.64. The van der Waals surface area contributed by atoms with Crippen molar-refractivity contribution in [3.63, 3.8) is 0 Å². The van der Waals surface area contributed by atoms with Crippen molar-refractivity contribution in [3.8, 4) is 11.5 Å². The van der Waals surface area contributed by atoms with E-state index in [2.05, 4.69) is 5.32 Å². The van der Waals surface area contributed by atoms with Crippen molar-refractivity contribution in [1.82, 2.24) is 10.2 Å². The van der Waals surface area contributed by atoms with E-state index in [1.54, 1.807) is 12.1 Å². The number of ketones is 1. The number of amides is 3. The van der Waals surface area contributed by atoms with Crippen molar-refractivity contribution in [1.29, 1.82) is 0 Å². The Hall–Kier alpha value is -3.10. The Labute approximate surface area is 161 Å². The summed E-state index contributed by atoms with van der Waals surface area (Å²) in [6, 6.07) is 4.08. The van der Waals surface area contributed by atoms with Gasteiger partial charge >= 0.3 is 12.0 Å². The Bertz CT molecular complexity index is 815. The average Bonchev–Trinajstić information content (AvgIpc) is 3.26. The van der Waals surface area contributed by atoms with Gasteiger partial charge in [-0.25, -0.2) is 4.79 Å². The summed E-state index contributed by atoms with van der Waals surface area (Å²) in [5.74, 6) is -0.967. The van der Waals surface area contributed by atoms with Crippen LogP contribution in [0.5, 0.6) is 11.5 Å². The first kappa shape index (κ1) is 19.7. The maximum Gasteiger partial charge on any atom is 0.326 e. The fourth-order valence-corrected chi connectivity index (χ4v) is 3.57. The second-order valence-corrected chi connectivity index (χ2v) is 6.76. The van der Waals surface area contributed by atoms with Crippen LogP contribution in [0.15, 0.2) is 18.2 Å². The standard InChI is InChI=1S/C19H22N2O7/c1-26-12-5-6-15(27-2)13(9-12)14(22)11-28-16(23)10-21-17(24)19(20-18(21)25)7-3-4-8-19/h5-6,9H,3-4,7-8,10-11H2,1-2H3,(H,20,25). The van der Waals surface area contributed by atoms with Crippen LogP contribution in [-0.2, 0) is 14.3 Å². The van der Waals surface area contributed by atoms with Gasteiger partial charge in [0.05, 0.1) is 19.8 Å². The zero-order valence-electron chi connectivity index (χ0n) is 15.8. The van der Waals surface area contributed by atoms with Crippen LogP contribution in [0.1, 0.15) is 36.0 Å². The van der Waals surface area contributed by atoms with E-state index in [-0.39, 0.29) is 5.56 Å². The molecule has 1 aromatic rings. The minimum atomic E-state index is -0.888. The number of nitrogens with one attached hydrogen (secondary N) is 1. The van der Waals surface area contributed by atoms with E-state index in [9.17, 15) is 19.2 Å². The Balaban J connectivity index is 1.59. The predicted molar refractivity (Wildman–Crippen MR) is 96.3 cm³/mol. The number of benzene rings is 1. The van der Waals surface area contributed by atoms with Crippen molar-refractivity contribution in [2.24, 2.45) is 0 Å². The number of Topliss-reactive ketones (excluding diaryl/α,β-unsaturated/α-hetero) is 1. The summed E-state index contributed by atoms with van der Waals surface area (Å²) in [6.45, 7) is -1.08. The molecule has 1 N–H and O–H groups in total. The molecule has 3 rings (SSSR count). The van der Waals surface area contributed by atoms with Crippen LogP contribution in [-0.4, -0.2) is 61.5 Å². The summed E-state index contributed by atoms with van der Waals surface area (Å²) in [4.78, 5) is 50.0. The second kappa shape index (κ2) is 7.87. The zero-order chi connectivity index (χ0) is 20.3. The fraction of sp³-hybridized carbons (Fsp3) is 0.474. The van der Waals surface area contributed by atoms with E-state index in [1.165, 1.54) is 20.3 Å². The molecule has 0 atom stereocenters. The van der Waals surface area contributed by atoms with E-state index >= 15 is 0 Å². The number of urea groups is 1. The number of carbonyl (C=O) groups is 4. The zero-order valence-corrected chi connectivity index (χ0v) is 15.8. The summed E-state index contributed by atoms with van der Waals surface area (Å²) in [5.41, 5.74) is -0.684. The smallest absolute Gasteiger partial charge is 0.326 e. The lowest BCUT2D eigenvalue weighted by atomic mass is 9.98. The minimum Gasteiger partial charge on any atom is -0.497 e. The minimum absolute atomic E-state index is 0.203. The summed E-state index contributed by atoms with van der Waals surface area (Å²) in [5, 5.41) is 2.69. The monoisotopic (exact) mass is 390 g/mol. The Morgan fingerprint density at radius 3 is 2.50 bits per heavy atom. The van der Waals surface area contributed by atoms with Crippen LogP contribution in [0, 0.1) is 0 Å². The largest absolute Gasteiger partial charge is 0.497 e. The molecule has 9 heteroatoms. The Kier molecular flexibility index (Phi) is 5.53. The molecule has 28 heavy (non-hydrogen) atoms. The summed E-state index contributed by atoms with van der Waals surface area (Å²) in [7, 11) is 2.88. The topological polar surface area (TPSA) is 111 Å². The van der Waals surface area contributed by atoms with E-state index < -0.39 is 42.4 Å². The summed E-state index contributed by atoms with van der Waals surface area (Å²) < 4.78 is 15.2. The summed E-state index contributed by atoms with van der Waals surface area (Å²) >= 11 is 0. The van der Waals surface area contributed by atoms with Gasteiger partial charge in [-0.05, 0) is 31.0 Å². The third-order valence-corrected chi connectivity index (χ3v) is 5.06. The lowest BCUT2D eigenvalue weighted by Crippen LogP contribution is -2.44. The molecular formula is C19H22N2O7. The van der Waals surface area contributed by atoms with Gasteiger partial charge in [0.15, 0.2) is 6.61 Å². The van der Waals surface area contributed by atoms with E-state index in [0.29, 0.717) is 24.3 Å². The highest BCUT2D eigenvalue weighted by Crippen LogP contribution is 2.35. The first-order valence-electron chi connectivity index (χ1n) is 8.95. The highest BCUT2D eigenvalue weighted by Gasteiger charge is 2.52. The predicted octanol–water partition coefficient (Wildman–Crippen LogP) is 1.29. The van der Waals surface area contributed by atoms with E-state index in [4.69, 9.17) is 14.2 Å². The van der Waals surface area contributed by atoms with Gasteiger partial charge in [-0.2, -0.15) is 0 Å². The van der Waals surface area contributed by atoms with Crippen molar-refractivity contribution < 1.29 is 33.4 Å². The van der Waals surface area contributed by atoms with Crippen molar-refractivity contribution >= 4 is 23.7 Å². The molecule has 150 valence electrons. The lowest BCUT2D eigenvalue weighted by molar-refractivity contribution is -0.146. The molecule has 1 saturated carbocycles. The molecule has 2 fully saturated rings.